The first-order valence-electron chi connectivity index (χ1n) is 10.2. The van der Waals surface area contributed by atoms with Crippen LogP contribution in [0.15, 0.2) is 53.3 Å². The van der Waals surface area contributed by atoms with Crippen LogP contribution in [0, 0.1) is 6.92 Å². The Morgan fingerprint density at radius 3 is 2.62 bits per heavy atom. The van der Waals surface area contributed by atoms with Gasteiger partial charge in [0.25, 0.3) is 0 Å². The average Bonchev–Trinajstić information content (AvgIpc) is 3.34. The van der Waals surface area contributed by atoms with Gasteiger partial charge in [0.05, 0.1) is 23.2 Å². The van der Waals surface area contributed by atoms with Gasteiger partial charge < -0.3 is 9.09 Å². The lowest BCUT2D eigenvalue weighted by Gasteiger charge is -2.31. The molecule has 0 aliphatic carbocycles. The molecule has 1 fully saturated rings. The molecule has 0 radical (unpaired) electrons. The molecule has 0 bridgehead atoms. The summed E-state index contributed by atoms with van der Waals surface area (Å²) < 4.78 is 7.29. The molecule has 0 spiro atoms. The van der Waals surface area contributed by atoms with E-state index < -0.39 is 0 Å². The number of hydrogen-bond acceptors (Lipinski definition) is 5. The number of hydrogen-bond donors (Lipinski definition) is 0. The lowest BCUT2D eigenvalue weighted by Crippen LogP contribution is -2.32. The molecule has 0 N–H and O–H groups in total. The molecule has 1 aliphatic rings. The van der Waals surface area contributed by atoms with Crippen LogP contribution in [0.4, 0.5) is 0 Å². The molecule has 148 valence electrons. The van der Waals surface area contributed by atoms with Gasteiger partial charge in [0.2, 0.25) is 0 Å². The zero-order valence-corrected chi connectivity index (χ0v) is 16.9. The summed E-state index contributed by atoms with van der Waals surface area (Å²) in [5.41, 5.74) is 6.42. The zero-order valence-electron chi connectivity index (χ0n) is 16.9. The maximum Gasteiger partial charge on any atom is 0.133 e. The zero-order chi connectivity index (χ0) is 19.8. The van der Waals surface area contributed by atoms with E-state index in [0.717, 1.165) is 66.2 Å². The third-order valence-electron chi connectivity index (χ3n) is 5.85. The van der Waals surface area contributed by atoms with Crippen molar-refractivity contribution in [3.8, 4) is 11.3 Å². The highest BCUT2D eigenvalue weighted by atomic mass is 16.5. The molecule has 0 saturated carbocycles. The normalized spacial score (nSPS) is 15.9. The Morgan fingerprint density at radius 2 is 1.90 bits per heavy atom. The highest BCUT2D eigenvalue weighted by Crippen LogP contribution is 2.33. The summed E-state index contributed by atoms with van der Waals surface area (Å²) in [4.78, 5) is 12.2. The maximum atomic E-state index is 5.20. The highest BCUT2D eigenvalue weighted by Gasteiger charge is 2.24. The number of fused-ring (bicyclic) bond motifs is 1. The van der Waals surface area contributed by atoms with Gasteiger partial charge in [0.15, 0.2) is 0 Å². The van der Waals surface area contributed by atoms with Crippen LogP contribution < -0.4 is 0 Å². The fourth-order valence-corrected chi connectivity index (χ4v) is 4.26. The number of imidazole rings is 1. The minimum absolute atomic E-state index is 0.465. The van der Waals surface area contributed by atoms with E-state index >= 15 is 0 Å². The number of benzene rings is 1. The van der Waals surface area contributed by atoms with Crippen molar-refractivity contribution in [2.75, 3.05) is 13.1 Å². The molecule has 4 aromatic rings. The average molecular weight is 387 g/mol. The molecule has 5 rings (SSSR count). The first kappa shape index (κ1) is 18.1. The summed E-state index contributed by atoms with van der Waals surface area (Å²) in [6, 6.07) is 14.6. The molecule has 0 amide bonds. The van der Waals surface area contributed by atoms with Crippen LogP contribution in [0.3, 0.4) is 0 Å². The quantitative estimate of drug-likeness (QED) is 0.522. The predicted molar refractivity (Wildman–Crippen MR) is 112 cm³/mol. The van der Waals surface area contributed by atoms with Crippen molar-refractivity contribution in [3.05, 3.63) is 65.9 Å². The number of aryl methyl sites for hydroxylation is 2. The van der Waals surface area contributed by atoms with Crippen LogP contribution in [0.2, 0.25) is 0 Å². The van der Waals surface area contributed by atoms with Gasteiger partial charge in [-0.15, -0.1) is 0 Å². The number of pyridine rings is 1. The largest absolute Gasteiger partial charge is 0.361 e. The van der Waals surface area contributed by atoms with E-state index in [-0.39, 0.29) is 0 Å². The molecule has 1 saturated heterocycles. The van der Waals surface area contributed by atoms with Gasteiger partial charge in [0.1, 0.15) is 11.3 Å². The van der Waals surface area contributed by atoms with E-state index in [1.807, 2.05) is 25.4 Å². The number of likely N-dealkylation sites (tertiary alicyclic amines) is 1. The van der Waals surface area contributed by atoms with Crippen LogP contribution in [0.1, 0.15) is 35.9 Å². The SMILES string of the molecule is Cc1cc(CN2CCC(c3cc4c(ncn4C)c(-c4ccccc4)n3)CC2)no1. The van der Waals surface area contributed by atoms with Crippen LogP contribution >= 0.6 is 0 Å². The van der Waals surface area contributed by atoms with Crippen molar-refractivity contribution in [3.63, 3.8) is 0 Å². The smallest absolute Gasteiger partial charge is 0.133 e. The van der Waals surface area contributed by atoms with E-state index in [1.54, 1.807) is 0 Å². The number of aromatic nitrogens is 4. The monoisotopic (exact) mass is 387 g/mol. The molecule has 1 aliphatic heterocycles. The fraction of sp³-hybridized carbons (Fsp3) is 0.348. The minimum Gasteiger partial charge on any atom is -0.361 e. The first-order chi connectivity index (χ1) is 14.2. The highest BCUT2D eigenvalue weighted by molar-refractivity contribution is 5.90. The molecular formula is C23H25N5O. The van der Waals surface area contributed by atoms with E-state index in [4.69, 9.17) is 9.51 Å². The molecular weight excluding hydrogens is 362 g/mol. The van der Waals surface area contributed by atoms with Gasteiger partial charge in [-0.25, -0.2) is 4.98 Å². The Balaban J connectivity index is 1.40. The lowest BCUT2D eigenvalue weighted by molar-refractivity contribution is 0.198. The number of nitrogens with zero attached hydrogens (tertiary/aromatic N) is 5. The van der Waals surface area contributed by atoms with Crippen molar-refractivity contribution in [1.82, 2.24) is 24.6 Å². The first-order valence-corrected chi connectivity index (χ1v) is 10.2. The van der Waals surface area contributed by atoms with Gasteiger partial charge in [0, 0.05) is 36.8 Å². The second-order valence-electron chi connectivity index (χ2n) is 7.96. The van der Waals surface area contributed by atoms with Crippen molar-refractivity contribution >= 4 is 11.0 Å². The van der Waals surface area contributed by atoms with E-state index in [2.05, 4.69) is 57.0 Å². The maximum absolute atomic E-state index is 5.20. The molecule has 0 atom stereocenters. The van der Waals surface area contributed by atoms with Crippen LogP contribution in [-0.2, 0) is 13.6 Å². The summed E-state index contributed by atoms with van der Waals surface area (Å²) in [6.45, 7) is 4.88. The Labute approximate surface area is 170 Å². The van der Waals surface area contributed by atoms with E-state index in [1.165, 1.54) is 5.69 Å². The fourth-order valence-electron chi connectivity index (χ4n) is 4.26. The van der Waals surface area contributed by atoms with Crippen molar-refractivity contribution in [1.29, 1.82) is 0 Å². The standard InChI is InChI=1S/C23H25N5O/c1-16-12-19(26-29-16)14-28-10-8-17(9-11-28)20-13-21-23(24-15-27(21)2)22(25-20)18-6-4-3-5-7-18/h3-7,12-13,15,17H,8-11,14H2,1-2H3. The third-order valence-corrected chi connectivity index (χ3v) is 5.85. The Hall–Kier alpha value is -2.99. The van der Waals surface area contributed by atoms with Crippen molar-refractivity contribution < 1.29 is 4.52 Å². The molecule has 0 unspecified atom stereocenters. The van der Waals surface area contributed by atoms with Gasteiger partial charge >= 0.3 is 0 Å². The van der Waals surface area contributed by atoms with Crippen LogP contribution in [0.25, 0.3) is 22.3 Å². The summed E-state index contributed by atoms with van der Waals surface area (Å²) in [5, 5.41) is 4.13. The summed E-state index contributed by atoms with van der Waals surface area (Å²) in [7, 11) is 2.05. The molecule has 4 heterocycles. The molecule has 1 aromatic carbocycles. The third kappa shape index (κ3) is 3.56. The Kier molecular flexibility index (Phi) is 4.64. The molecule has 6 nitrogen and oxygen atoms in total. The van der Waals surface area contributed by atoms with Crippen molar-refractivity contribution in [2.45, 2.75) is 32.2 Å². The molecule has 3 aromatic heterocycles. The second-order valence-corrected chi connectivity index (χ2v) is 7.96. The summed E-state index contributed by atoms with van der Waals surface area (Å²) >= 11 is 0. The lowest BCUT2D eigenvalue weighted by atomic mass is 9.92. The summed E-state index contributed by atoms with van der Waals surface area (Å²) in [6.07, 6.45) is 4.08. The van der Waals surface area contributed by atoms with Gasteiger partial charge in [-0.05, 0) is 38.9 Å². The van der Waals surface area contributed by atoms with Gasteiger partial charge in [-0.1, -0.05) is 35.5 Å². The van der Waals surface area contributed by atoms with E-state index in [0.29, 0.717) is 5.92 Å². The van der Waals surface area contributed by atoms with Crippen LogP contribution in [0.5, 0.6) is 0 Å². The van der Waals surface area contributed by atoms with Crippen molar-refractivity contribution in [2.24, 2.45) is 7.05 Å². The van der Waals surface area contributed by atoms with Gasteiger partial charge in [-0.2, -0.15) is 0 Å². The number of piperidine rings is 1. The van der Waals surface area contributed by atoms with E-state index in [9.17, 15) is 0 Å². The van der Waals surface area contributed by atoms with Gasteiger partial charge in [-0.3, -0.25) is 9.88 Å². The second kappa shape index (κ2) is 7.44. The van der Waals surface area contributed by atoms with Crippen LogP contribution in [-0.4, -0.2) is 37.7 Å². The Morgan fingerprint density at radius 1 is 1.10 bits per heavy atom. The topological polar surface area (TPSA) is 60.0 Å². The minimum atomic E-state index is 0.465. The summed E-state index contributed by atoms with van der Waals surface area (Å²) in [5.74, 6) is 1.34. The predicted octanol–water partition coefficient (Wildman–Crippen LogP) is 4.31. The molecule has 6 heteroatoms. The molecule has 29 heavy (non-hydrogen) atoms. The number of rotatable bonds is 4. The Bertz CT molecular complexity index is 1120.